The lowest BCUT2D eigenvalue weighted by molar-refractivity contribution is -0.123. The third-order valence-electron chi connectivity index (χ3n) is 2.66. The van der Waals surface area contributed by atoms with Crippen molar-refractivity contribution in [3.8, 4) is 5.75 Å². The molecule has 0 heterocycles. The largest absolute Gasteiger partial charge is 0.484 e. The molecule has 0 fully saturated rings. The zero-order valence-corrected chi connectivity index (χ0v) is 13.1. The number of aryl methyl sites for hydroxylation is 1. The number of amides is 1. The van der Waals surface area contributed by atoms with Crippen molar-refractivity contribution < 1.29 is 9.53 Å². The van der Waals surface area contributed by atoms with Crippen molar-refractivity contribution in [2.75, 3.05) is 6.61 Å². The molecule has 21 heavy (non-hydrogen) atoms. The Bertz CT molecular complexity index is 622. The third kappa shape index (κ3) is 5.39. The first-order valence-electron chi connectivity index (χ1n) is 6.40. The Morgan fingerprint density at radius 2 is 1.86 bits per heavy atom. The van der Waals surface area contributed by atoms with E-state index >= 15 is 0 Å². The highest BCUT2D eigenvalue weighted by Crippen LogP contribution is 2.15. The van der Waals surface area contributed by atoms with Crippen molar-refractivity contribution in [2.24, 2.45) is 5.10 Å². The molecule has 0 saturated carbocycles. The van der Waals surface area contributed by atoms with Crippen molar-refractivity contribution in [3.63, 3.8) is 0 Å². The van der Waals surface area contributed by atoms with Crippen LogP contribution in [0.2, 0.25) is 0 Å². The van der Waals surface area contributed by atoms with Crippen molar-refractivity contribution in [3.05, 3.63) is 64.1 Å². The smallest absolute Gasteiger partial charge is 0.277 e. The summed E-state index contributed by atoms with van der Waals surface area (Å²) < 4.78 is 6.29. The Morgan fingerprint density at radius 1 is 1.19 bits per heavy atom. The molecule has 2 rings (SSSR count). The van der Waals surface area contributed by atoms with E-state index < -0.39 is 0 Å². The van der Waals surface area contributed by atoms with E-state index in [1.807, 2.05) is 43.3 Å². The molecule has 1 N–H and O–H groups in total. The van der Waals surface area contributed by atoms with Gasteiger partial charge in [-0.3, -0.25) is 4.79 Å². The summed E-state index contributed by atoms with van der Waals surface area (Å²) in [7, 11) is 0. The molecule has 1 amide bonds. The van der Waals surface area contributed by atoms with Gasteiger partial charge < -0.3 is 4.74 Å². The number of carbonyl (C=O) groups is 1. The van der Waals surface area contributed by atoms with Gasteiger partial charge >= 0.3 is 0 Å². The molecule has 0 radical (unpaired) electrons. The van der Waals surface area contributed by atoms with E-state index in [1.54, 1.807) is 18.3 Å². The maximum Gasteiger partial charge on any atom is 0.277 e. The Hall–Kier alpha value is -2.14. The summed E-state index contributed by atoms with van der Waals surface area (Å²) >= 11 is 3.33. The average Bonchev–Trinajstić information content (AvgIpc) is 2.49. The number of rotatable bonds is 5. The van der Waals surface area contributed by atoms with E-state index in [4.69, 9.17) is 4.74 Å². The van der Waals surface area contributed by atoms with Gasteiger partial charge in [0.1, 0.15) is 5.75 Å². The minimum Gasteiger partial charge on any atom is -0.484 e. The Kier molecular flexibility index (Phi) is 5.51. The second kappa shape index (κ2) is 7.59. The van der Waals surface area contributed by atoms with Crippen LogP contribution in [-0.4, -0.2) is 18.7 Å². The van der Waals surface area contributed by atoms with E-state index in [9.17, 15) is 4.79 Å². The fourth-order valence-electron chi connectivity index (χ4n) is 1.54. The average molecular weight is 347 g/mol. The van der Waals surface area contributed by atoms with E-state index in [2.05, 4.69) is 26.5 Å². The summed E-state index contributed by atoms with van der Waals surface area (Å²) in [4.78, 5) is 11.6. The van der Waals surface area contributed by atoms with Gasteiger partial charge in [-0.25, -0.2) is 5.43 Å². The zero-order chi connectivity index (χ0) is 15.1. The quantitative estimate of drug-likeness (QED) is 0.667. The third-order valence-corrected chi connectivity index (χ3v) is 3.19. The van der Waals surface area contributed by atoms with Crippen LogP contribution < -0.4 is 10.2 Å². The first-order chi connectivity index (χ1) is 10.1. The first kappa shape index (κ1) is 15.3. The number of benzene rings is 2. The topological polar surface area (TPSA) is 50.7 Å². The molecule has 108 valence electrons. The van der Waals surface area contributed by atoms with Gasteiger partial charge in [0.2, 0.25) is 0 Å². The molecule has 0 bridgehead atoms. The lowest BCUT2D eigenvalue weighted by Gasteiger charge is -2.04. The van der Waals surface area contributed by atoms with Crippen LogP contribution in [0.4, 0.5) is 0 Å². The molecule has 0 aromatic heterocycles. The van der Waals surface area contributed by atoms with Crippen LogP contribution in [0.5, 0.6) is 5.75 Å². The summed E-state index contributed by atoms with van der Waals surface area (Å²) in [6.07, 6.45) is 1.59. The van der Waals surface area contributed by atoms with E-state index in [-0.39, 0.29) is 12.5 Å². The Labute approximate surface area is 132 Å². The summed E-state index contributed by atoms with van der Waals surface area (Å²) in [5.41, 5.74) is 4.53. The van der Waals surface area contributed by atoms with Crippen LogP contribution in [0.25, 0.3) is 0 Å². The molecule has 0 aliphatic carbocycles. The predicted molar refractivity (Wildman–Crippen MR) is 86.6 cm³/mol. The van der Waals surface area contributed by atoms with Crippen LogP contribution in [0.1, 0.15) is 11.1 Å². The van der Waals surface area contributed by atoms with Gasteiger partial charge in [0, 0.05) is 4.47 Å². The maximum atomic E-state index is 11.6. The minimum atomic E-state index is -0.304. The van der Waals surface area contributed by atoms with Crippen LogP contribution in [-0.2, 0) is 4.79 Å². The molecule has 0 atom stereocenters. The van der Waals surface area contributed by atoms with Crippen LogP contribution in [0.3, 0.4) is 0 Å². The molecule has 4 nitrogen and oxygen atoms in total. The number of carbonyl (C=O) groups excluding carboxylic acids is 1. The van der Waals surface area contributed by atoms with E-state index in [0.717, 1.165) is 10.0 Å². The lowest BCUT2D eigenvalue weighted by Crippen LogP contribution is -2.24. The minimum absolute atomic E-state index is 0.0765. The van der Waals surface area contributed by atoms with Crippen molar-refractivity contribution in [2.45, 2.75) is 6.92 Å². The number of nitrogens with one attached hydrogen (secondary N) is 1. The summed E-state index contributed by atoms with van der Waals surface area (Å²) in [5, 5.41) is 3.89. The molecule has 0 unspecified atom stereocenters. The van der Waals surface area contributed by atoms with Gasteiger partial charge in [0.25, 0.3) is 5.91 Å². The number of ether oxygens (including phenoxy) is 1. The summed E-state index contributed by atoms with van der Waals surface area (Å²) in [6, 6.07) is 15.1. The normalized spacial score (nSPS) is 10.6. The predicted octanol–water partition coefficient (Wildman–Crippen LogP) is 3.29. The Balaban J connectivity index is 1.77. The fourth-order valence-corrected chi connectivity index (χ4v) is 1.81. The molecule has 0 aliphatic heterocycles. The van der Waals surface area contributed by atoms with Gasteiger partial charge in [0.05, 0.1) is 6.21 Å². The van der Waals surface area contributed by atoms with Gasteiger partial charge in [-0.05, 0) is 36.8 Å². The van der Waals surface area contributed by atoms with Gasteiger partial charge in [0.15, 0.2) is 6.61 Å². The fraction of sp³-hybridized carbons (Fsp3) is 0.125. The first-order valence-corrected chi connectivity index (χ1v) is 7.20. The second-order valence-electron chi connectivity index (χ2n) is 4.45. The van der Waals surface area contributed by atoms with E-state index in [1.165, 1.54) is 5.56 Å². The van der Waals surface area contributed by atoms with Crippen molar-refractivity contribution in [1.29, 1.82) is 0 Å². The number of halogens is 1. The zero-order valence-electron chi connectivity index (χ0n) is 11.5. The second-order valence-corrected chi connectivity index (χ2v) is 5.36. The van der Waals surface area contributed by atoms with Gasteiger partial charge in [-0.1, -0.05) is 45.8 Å². The highest BCUT2D eigenvalue weighted by molar-refractivity contribution is 9.10. The molecular formula is C16H15BrN2O2. The summed E-state index contributed by atoms with van der Waals surface area (Å²) in [6.45, 7) is 1.94. The molecule has 0 aliphatic rings. The van der Waals surface area contributed by atoms with Crippen molar-refractivity contribution >= 4 is 28.1 Å². The molecular weight excluding hydrogens is 332 g/mol. The number of hydrogen-bond acceptors (Lipinski definition) is 3. The number of nitrogens with zero attached hydrogens (tertiary/aromatic N) is 1. The highest BCUT2D eigenvalue weighted by Gasteiger charge is 2.01. The monoisotopic (exact) mass is 346 g/mol. The Morgan fingerprint density at radius 3 is 2.52 bits per heavy atom. The lowest BCUT2D eigenvalue weighted by atomic mass is 10.2. The molecule has 2 aromatic rings. The molecule has 0 saturated heterocycles. The van der Waals surface area contributed by atoms with E-state index in [0.29, 0.717) is 5.75 Å². The van der Waals surface area contributed by atoms with Crippen LogP contribution in [0, 0.1) is 6.92 Å². The number of hydrogen-bond donors (Lipinski definition) is 1. The highest BCUT2D eigenvalue weighted by atomic mass is 79.9. The van der Waals surface area contributed by atoms with Crippen LogP contribution in [0.15, 0.2) is 58.1 Å². The van der Waals surface area contributed by atoms with Gasteiger partial charge in [-0.15, -0.1) is 0 Å². The van der Waals surface area contributed by atoms with Crippen molar-refractivity contribution in [1.82, 2.24) is 5.43 Å². The molecule has 0 spiro atoms. The standard InChI is InChI=1S/C16H15BrN2O2/c1-12-2-4-13(5-3-12)10-18-19-16(20)11-21-15-8-6-14(17)7-9-15/h2-10H,11H2,1H3,(H,19,20)/b18-10-. The summed E-state index contributed by atoms with van der Waals surface area (Å²) in [5.74, 6) is 0.331. The number of hydrazone groups is 1. The molecule has 5 heteroatoms. The van der Waals surface area contributed by atoms with Crippen LogP contribution >= 0.6 is 15.9 Å². The SMILES string of the molecule is Cc1ccc(/C=N\NC(=O)COc2ccc(Br)cc2)cc1. The molecule has 2 aromatic carbocycles. The van der Waals surface area contributed by atoms with Gasteiger partial charge in [-0.2, -0.15) is 5.10 Å². The maximum absolute atomic E-state index is 11.6.